The molecule has 0 aliphatic heterocycles. The molecular weight excluding hydrogens is 244 g/mol. The Morgan fingerprint density at radius 3 is 2.67 bits per heavy atom. The van der Waals surface area contributed by atoms with Gasteiger partial charge in [-0.1, -0.05) is 6.92 Å². The second kappa shape index (κ2) is 5.98. The van der Waals surface area contributed by atoms with Crippen LogP contribution in [0.3, 0.4) is 0 Å². The lowest BCUT2D eigenvalue weighted by Gasteiger charge is -2.04. The highest BCUT2D eigenvalue weighted by Crippen LogP contribution is 2.26. The molecule has 96 valence electrons. The summed E-state index contributed by atoms with van der Waals surface area (Å²) in [5.74, 6) is 1.35. The van der Waals surface area contributed by atoms with E-state index in [0.717, 1.165) is 28.4 Å². The van der Waals surface area contributed by atoms with Gasteiger partial charge in [-0.3, -0.25) is 0 Å². The fourth-order valence-corrected chi connectivity index (χ4v) is 2.55. The molecule has 0 amide bonds. The van der Waals surface area contributed by atoms with Gasteiger partial charge in [0.25, 0.3) is 0 Å². The summed E-state index contributed by atoms with van der Waals surface area (Å²) < 4.78 is 5.15. The maximum atomic E-state index is 5.63. The van der Waals surface area contributed by atoms with Crippen molar-refractivity contribution < 1.29 is 4.74 Å². The molecule has 0 aliphatic carbocycles. The molecule has 4 heteroatoms. The Kier molecular flexibility index (Phi) is 4.33. The Morgan fingerprint density at radius 1 is 1.33 bits per heavy atom. The third kappa shape index (κ3) is 3.09. The number of nitrogens with two attached hydrogens (primary N) is 1. The van der Waals surface area contributed by atoms with Crippen molar-refractivity contribution in [2.75, 3.05) is 13.7 Å². The average molecular weight is 262 g/mol. The smallest absolute Gasteiger partial charge is 0.123 e. The van der Waals surface area contributed by atoms with Gasteiger partial charge in [-0.2, -0.15) is 0 Å². The lowest BCUT2D eigenvalue weighted by atomic mass is 10.1. The summed E-state index contributed by atoms with van der Waals surface area (Å²) in [5, 5.41) is 3.17. The maximum Gasteiger partial charge on any atom is 0.123 e. The monoisotopic (exact) mass is 262 g/mol. The summed E-state index contributed by atoms with van der Waals surface area (Å²) in [7, 11) is 1.67. The minimum Gasteiger partial charge on any atom is -0.497 e. The molecule has 0 bridgehead atoms. The van der Waals surface area contributed by atoms with Crippen LogP contribution in [0, 0.1) is 5.92 Å². The molecule has 1 aromatic carbocycles. The van der Waals surface area contributed by atoms with E-state index in [0.29, 0.717) is 12.5 Å². The van der Waals surface area contributed by atoms with Gasteiger partial charge in [0.05, 0.1) is 12.8 Å². The number of hydrogen-bond acceptors (Lipinski definition) is 4. The average Bonchev–Trinajstić information content (AvgIpc) is 2.87. The standard InChI is InChI=1S/C14H18N2OS/c1-10(8-15)7-12-9-18-14(16-12)11-3-5-13(17-2)6-4-11/h3-6,9-10H,7-8,15H2,1-2H3. The number of rotatable bonds is 5. The molecule has 0 saturated carbocycles. The van der Waals surface area contributed by atoms with Crippen molar-refractivity contribution in [3.05, 3.63) is 35.3 Å². The van der Waals surface area contributed by atoms with E-state index in [1.54, 1.807) is 18.4 Å². The Hall–Kier alpha value is -1.39. The van der Waals surface area contributed by atoms with Gasteiger partial charge in [-0.15, -0.1) is 11.3 Å². The van der Waals surface area contributed by atoms with Crippen molar-refractivity contribution in [2.24, 2.45) is 11.7 Å². The molecule has 2 N–H and O–H groups in total. The summed E-state index contributed by atoms with van der Waals surface area (Å²) in [4.78, 5) is 4.65. The fraction of sp³-hybridized carbons (Fsp3) is 0.357. The van der Waals surface area contributed by atoms with Gasteiger partial charge in [0.15, 0.2) is 0 Å². The van der Waals surface area contributed by atoms with Gasteiger partial charge >= 0.3 is 0 Å². The van der Waals surface area contributed by atoms with Crippen LogP contribution in [-0.4, -0.2) is 18.6 Å². The topological polar surface area (TPSA) is 48.1 Å². The highest BCUT2D eigenvalue weighted by Gasteiger charge is 2.07. The fourth-order valence-electron chi connectivity index (χ4n) is 1.71. The first-order valence-electron chi connectivity index (χ1n) is 6.02. The predicted octanol–water partition coefficient (Wildman–Crippen LogP) is 2.96. The van der Waals surface area contributed by atoms with E-state index in [1.165, 1.54) is 0 Å². The van der Waals surface area contributed by atoms with Crippen LogP contribution in [0.5, 0.6) is 5.75 Å². The van der Waals surface area contributed by atoms with Crippen LogP contribution in [0.2, 0.25) is 0 Å². The van der Waals surface area contributed by atoms with Crippen molar-refractivity contribution in [2.45, 2.75) is 13.3 Å². The first-order valence-corrected chi connectivity index (χ1v) is 6.89. The summed E-state index contributed by atoms with van der Waals surface area (Å²) >= 11 is 1.68. The van der Waals surface area contributed by atoms with E-state index in [1.807, 2.05) is 24.3 Å². The van der Waals surface area contributed by atoms with E-state index in [4.69, 9.17) is 10.5 Å². The number of methoxy groups -OCH3 is 1. The highest BCUT2D eigenvalue weighted by atomic mass is 32.1. The predicted molar refractivity (Wildman–Crippen MR) is 76.0 cm³/mol. The Bertz CT molecular complexity index is 493. The minimum atomic E-state index is 0.482. The second-order valence-electron chi connectivity index (χ2n) is 4.42. The normalized spacial score (nSPS) is 12.4. The Balaban J connectivity index is 2.13. The SMILES string of the molecule is COc1ccc(-c2nc(CC(C)CN)cs2)cc1. The molecule has 18 heavy (non-hydrogen) atoms. The minimum absolute atomic E-state index is 0.482. The molecule has 0 fully saturated rings. The zero-order valence-electron chi connectivity index (χ0n) is 10.7. The maximum absolute atomic E-state index is 5.63. The van der Waals surface area contributed by atoms with Crippen LogP contribution in [0.25, 0.3) is 10.6 Å². The Labute approximate surface area is 112 Å². The van der Waals surface area contributed by atoms with Crippen LogP contribution in [0.15, 0.2) is 29.6 Å². The van der Waals surface area contributed by atoms with Gasteiger partial charge in [-0.25, -0.2) is 4.98 Å². The molecule has 2 rings (SSSR count). The second-order valence-corrected chi connectivity index (χ2v) is 5.28. The van der Waals surface area contributed by atoms with Gasteiger partial charge < -0.3 is 10.5 Å². The zero-order valence-corrected chi connectivity index (χ0v) is 11.5. The summed E-state index contributed by atoms with van der Waals surface area (Å²) in [5.41, 5.74) is 7.89. The molecule has 0 radical (unpaired) electrons. The summed E-state index contributed by atoms with van der Waals surface area (Å²) in [6, 6.07) is 7.99. The third-order valence-corrected chi connectivity index (χ3v) is 3.79. The van der Waals surface area contributed by atoms with Crippen molar-refractivity contribution in [3.63, 3.8) is 0 Å². The first kappa shape index (κ1) is 13.1. The van der Waals surface area contributed by atoms with Crippen LogP contribution in [0.1, 0.15) is 12.6 Å². The van der Waals surface area contributed by atoms with Gasteiger partial charge in [0, 0.05) is 10.9 Å². The van der Waals surface area contributed by atoms with Crippen LogP contribution in [0.4, 0.5) is 0 Å². The molecule has 3 nitrogen and oxygen atoms in total. The van der Waals surface area contributed by atoms with Crippen LogP contribution < -0.4 is 10.5 Å². The molecule has 0 spiro atoms. The molecular formula is C14H18N2OS. The van der Waals surface area contributed by atoms with Crippen molar-refractivity contribution in [1.82, 2.24) is 4.98 Å². The number of benzene rings is 1. The van der Waals surface area contributed by atoms with E-state index in [2.05, 4.69) is 17.3 Å². The highest BCUT2D eigenvalue weighted by molar-refractivity contribution is 7.13. The van der Waals surface area contributed by atoms with Crippen molar-refractivity contribution in [3.8, 4) is 16.3 Å². The number of ether oxygens (including phenoxy) is 1. The lowest BCUT2D eigenvalue weighted by molar-refractivity contribution is 0.415. The van der Waals surface area contributed by atoms with E-state index < -0.39 is 0 Å². The van der Waals surface area contributed by atoms with E-state index in [9.17, 15) is 0 Å². The molecule has 1 heterocycles. The van der Waals surface area contributed by atoms with E-state index >= 15 is 0 Å². The van der Waals surface area contributed by atoms with Crippen LogP contribution in [-0.2, 0) is 6.42 Å². The Morgan fingerprint density at radius 2 is 2.06 bits per heavy atom. The quantitative estimate of drug-likeness (QED) is 0.901. The number of nitrogens with zero attached hydrogens (tertiary/aromatic N) is 1. The molecule has 1 unspecified atom stereocenters. The molecule has 0 aliphatic rings. The largest absolute Gasteiger partial charge is 0.497 e. The zero-order chi connectivity index (χ0) is 13.0. The first-order chi connectivity index (χ1) is 8.72. The summed E-state index contributed by atoms with van der Waals surface area (Å²) in [6.45, 7) is 2.85. The number of hydrogen-bond donors (Lipinski definition) is 1. The van der Waals surface area contributed by atoms with Gasteiger partial charge in [0.1, 0.15) is 10.8 Å². The lowest BCUT2D eigenvalue weighted by Crippen LogP contribution is -2.13. The molecule has 1 aromatic heterocycles. The number of thiazole rings is 1. The molecule has 1 atom stereocenters. The third-order valence-electron chi connectivity index (χ3n) is 2.85. The van der Waals surface area contributed by atoms with E-state index in [-0.39, 0.29) is 0 Å². The van der Waals surface area contributed by atoms with Crippen LogP contribution >= 0.6 is 11.3 Å². The van der Waals surface area contributed by atoms with Gasteiger partial charge in [-0.05, 0) is 43.1 Å². The molecule has 2 aromatic rings. The summed E-state index contributed by atoms with van der Waals surface area (Å²) in [6.07, 6.45) is 0.948. The van der Waals surface area contributed by atoms with Gasteiger partial charge in [0.2, 0.25) is 0 Å². The number of aromatic nitrogens is 1. The van der Waals surface area contributed by atoms with Crippen molar-refractivity contribution in [1.29, 1.82) is 0 Å². The van der Waals surface area contributed by atoms with Crippen molar-refractivity contribution >= 4 is 11.3 Å². The molecule has 0 saturated heterocycles.